The third-order valence-electron chi connectivity index (χ3n) is 4.28. The van der Waals surface area contributed by atoms with Crippen molar-refractivity contribution in [1.29, 1.82) is 0 Å². The molecule has 1 aliphatic carbocycles. The molecular weight excluding hydrogens is 283 g/mol. The summed E-state index contributed by atoms with van der Waals surface area (Å²) >= 11 is 0. The highest BCUT2D eigenvalue weighted by Gasteiger charge is 2.33. The van der Waals surface area contributed by atoms with Gasteiger partial charge in [0.05, 0.1) is 13.2 Å². The summed E-state index contributed by atoms with van der Waals surface area (Å²) in [4.78, 5) is 14.5. The molecule has 1 saturated heterocycles. The molecule has 1 unspecified atom stereocenters. The zero-order valence-corrected chi connectivity index (χ0v) is 12.8. The first-order chi connectivity index (χ1) is 10.7. The smallest absolute Gasteiger partial charge is 0.224 e. The second-order valence-corrected chi connectivity index (χ2v) is 6.12. The number of hydrogen-bond donors (Lipinski definition) is 1. The van der Waals surface area contributed by atoms with Gasteiger partial charge in [0.1, 0.15) is 5.82 Å². The normalized spacial score (nSPS) is 21.6. The number of nitrogens with one attached hydrogen (secondary N) is 1. The van der Waals surface area contributed by atoms with Crippen LogP contribution in [0.3, 0.4) is 0 Å². The molecule has 2 fully saturated rings. The second-order valence-electron chi connectivity index (χ2n) is 6.12. The van der Waals surface area contributed by atoms with Crippen molar-refractivity contribution >= 4 is 5.91 Å². The van der Waals surface area contributed by atoms with Crippen LogP contribution in [0.1, 0.15) is 24.8 Å². The molecule has 1 N–H and O–H groups in total. The highest BCUT2D eigenvalue weighted by atomic mass is 19.1. The molecule has 0 spiro atoms. The van der Waals surface area contributed by atoms with Gasteiger partial charge in [0, 0.05) is 31.6 Å². The molecule has 22 heavy (non-hydrogen) atoms. The van der Waals surface area contributed by atoms with Gasteiger partial charge >= 0.3 is 0 Å². The van der Waals surface area contributed by atoms with Crippen LogP contribution >= 0.6 is 0 Å². The molecule has 1 saturated carbocycles. The van der Waals surface area contributed by atoms with Gasteiger partial charge in [-0.25, -0.2) is 4.39 Å². The van der Waals surface area contributed by atoms with Crippen LogP contribution in [-0.2, 0) is 16.0 Å². The monoisotopic (exact) mass is 306 g/mol. The number of carbonyl (C=O) groups is 1. The molecular formula is C17H23FN2O2. The first kappa shape index (κ1) is 15.4. The van der Waals surface area contributed by atoms with Crippen LogP contribution in [-0.4, -0.2) is 49.2 Å². The lowest BCUT2D eigenvalue weighted by atomic mass is 10.1. The van der Waals surface area contributed by atoms with Gasteiger partial charge in [-0.1, -0.05) is 12.1 Å². The number of ether oxygens (including phenoxy) is 1. The Bertz CT molecular complexity index is 496. The number of rotatable bonds is 6. The third-order valence-corrected chi connectivity index (χ3v) is 4.28. The van der Waals surface area contributed by atoms with Crippen molar-refractivity contribution in [2.24, 2.45) is 0 Å². The Labute approximate surface area is 130 Å². The summed E-state index contributed by atoms with van der Waals surface area (Å²) in [6.45, 7) is 2.86. The molecule has 4 nitrogen and oxygen atoms in total. The minimum absolute atomic E-state index is 0.133. The van der Waals surface area contributed by atoms with Gasteiger partial charge in [0.15, 0.2) is 0 Å². The van der Waals surface area contributed by atoms with Crippen molar-refractivity contribution in [1.82, 2.24) is 10.2 Å². The van der Waals surface area contributed by atoms with E-state index in [-0.39, 0.29) is 17.8 Å². The van der Waals surface area contributed by atoms with E-state index < -0.39 is 0 Å². The minimum atomic E-state index is -0.220. The maximum atomic E-state index is 12.9. The molecule has 1 heterocycles. The number of benzene rings is 1. The van der Waals surface area contributed by atoms with Gasteiger partial charge in [-0.3, -0.25) is 4.79 Å². The van der Waals surface area contributed by atoms with E-state index in [1.54, 1.807) is 12.1 Å². The Morgan fingerprint density at radius 2 is 2.09 bits per heavy atom. The highest BCUT2D eigenvalue weighted by Crippen LogP contribution is 2.28. The number of carbonyl (C=O) groups excluding carboxylic acids is 1. The van der Waals surface area contributed by atoms with Gasteiger partial charge in [0.25, 0.3) is 0 Å². The van der Waals surface area contributed by atoms with Crippen molar-refractivity contribution in [2.45, 2.75) is 37.8 Å². The zero-order valence-electron chi connectivity index (χ0n) is 12.8. The molecule has 1 aliphatic heterocycles. The van der Waals surface area contributed by atoms with Gasteiger partial charge in [-0.15, -0.1) is 0 Å². The predicted molar refractivity (Wildman–Crippen MR) is 82.1 cm³/mol. The Morgan fingerprint density at radius 1 is 1.32 bits per heavy atom. The molecule has 2 aliphatic rings. The van der Waals surface area contributed by atoms with E-state index in [2.05, 4.69) is 5.32 Å². The summed E-state index contributed by atoms with van der Waals surface area (Å²) in [6.07, 6.45) is 3.48. The minimum Gasteiger partial charge on any atom is -0.378 e. The van der Waals surface area contributed by atoms with Crippen LogP contribution in [0, 0.1) is 5.82 Å². The van der Waals surface area contributed by atoms with Gasteiger partial charge in [0.2, 0.25) is 5.91 Å². The Balaban J connectivity index is 1.53. The van der Waals surface area contributed by atoms with Gasteiger partial charge < -0.3 is 15.0 Å². The Morgan fingerprint density at radius 3 is 2.73 bits per heavy atom. The lowest BCUT2D eigenvalue weighted by molar-refractivity contribution is -0.133. The van der Waals surface area contributed by atoms with E-state index in [0.717, 1.165) is 38.0 Å². The van der Waals surface area contributed by atoms with Gasteiger partial charge in [-0.2, -0.15) is 0 Å². The number of nitrogens with zero attached hydrogens (tertiary/aromatic N) is 1. The molecule has 1 aromatic rings. The van der Waals surface area contributed by atoms with E-state index in [1.165, 1.54) is 12.1 Å². The molecule has 3 rings (SSSR count). The van der Waals surface area contributed by atoms with Crippen LogP contribution in [0.5, 0.6) is 0 Å². The summed E-state index contributed by atoms with van der Waals surface area (Å²) < 4.78 is 18.3. The highest BCUT2D eigenvalue weighted by molar-refractivity contribution is 5.77. The average Bonchev–Trinajstić information content (AvgIpc) is 3.35. The number of morpholine rings is 1. The molecule has 5 heteroatoms. The molecule has 0 bridgehead atoms. The van der Waals surface area contributed by atoms with Crippen molar-refractivity contribution < 1.29 is 13.9 Å². The molecule has 0 aromatic heterocycles. The fraction of sp³-hybridized carbons (Fsp3) is 0.588. The lowest BCUT2D eigenvalue weighted by Gasteiger charge is -2.28. The first-order valence-electron chi connectivity index (χ1n) is 8.07. The average molecular weight is 306 g/mol. The van der Waals surface area contributed by atoms with E-state index in [4.69, 9.17) is 4.74 Å². The fourth-order valence-electron chi connectivity index (χ4n) is 2.88. The predicted octanol–water partition coefficient (Wildman–Crippen LogP) is 1.74. The van der Waals surface area contributed by atoms with Crippen molar-refractivity contribution in [3.05, 3.63) is 35.6 Å². The number of halogens is 1. The number of hydrogen-bond acceptors (Lipinski definition) is 3. The third kappa shape index (κ3) is 4.27. The fourth-order valence-corrected chi connectivity index (χ4v) is 2.88. The zero-order chi connectivity index (χ0) is 15.4. The van der Waals surface area contributed by atoms with Crippen LogP contribution in [0.25, 0.3) is 0 Å². The van der Waals surface area contributed by atoms with Crippen molar-refractivity contribution in [3.8, 4) is 0 Å². The van der Waals surface area contributed by atoms with Crippen LogP contribution < -0.4 is 5.32 Å². The molecule has 0 radical (unpaired) electrons. The Kier molecular flexibility index (Phi) is 5.05. The molecule has 1 atom stereocenters. The summed E-state index contributed by atoms with van der Waals surface area (Å²) in [6, 6.07) is 7.07. The van der Waals surface area contributed by atoms with Crippen LogP contribution in [0.2, 0.25) is 0 Å². The molecule has 120 valence electrons. The molecule has 1 aromatic carbocycles. The topological polar surface area (TPSA) is 41.6 Å². The van der Waals surface area contributed by atoms with Gasteiger partial charge in [-0.05, 0) is 37.0 Å². The quantitative estimate of drug-likeness (QED) is 0.870. The largest absolute Gasteiger partial charge is 0.378 e. The maximum absolute atomic E-state index is 12.9. The summed E-state index contributed by atoms with van der Waals surface area (Å²) in [5.41, 5.74) is 1.07. The first-order valence-corrected chi connectivity index (χ1v) is 8.07. The summed E-state index contributed by atoms with van der Waals surface area (Å²) in [5.74, 6) is -0.0186. The second kappa shape index (κ2) is 7.20. The summed E-state index contributed by atoms with van der Waals surface area (Å²) in [5, 5.41) is 3.33. The van der Waals surface area contributed by atoms with E-state index in [9.17, 15) is 9.18 Å². The molecule has 1 amide bonds. The van der Waals surface area contributed by atoms with E-state index in [0.29, 0.717) is 25.6 Å². The number of amides is 1. The lowest BCUT2D eigenvalue weighted by Crippen LogP contribution is -2.46. The Hall–Kier alpha value is -1.46. The van der Waals surface area contributed by atoms with Crippen molar-refractivity contribution in [3.63, 3.8) is 0 Å². The van der Waals surface area contributed by atoms with Crippen LogP contribution in [0.4, 0.5) is 4.39 Å². The van der Waals surface area contributed by atoms with Crippen molar-refractivity contribution in [2.75, 3.05) is 26.3 Å². The van der Waals surface area contributed by atoms with Crippen LogP contribution in [0.15, 0.2) is 24.3 Å². The summed E-state index contributed by atoms with van der Waals surface area (Å²) in [7, 11) is 0. The maximum Gasteiger partial charge on any atom is 0.224 e. The SMILES string of the molecule is O=C(CC1COCCN1)N(CCc1ccc(F)cc1)C1CC1. The van der Waals surface area contributed by atoms with E-state index in [1.807, 2.05) is 4.90 Å². The van der Waals surface area contributed by atoms with E-state index >= 15 is 0 Å². The standard InChI is InChI=1S/C17H23FN2O2/c18-14-3-1-13(2-4-14)7-9-20(16-5-6-16)17(21)11-15-12-22-10-8-19-15/h1-4,15-16,19H,5-12H2.